The highest BCUT2D eigenvalue weighted by molar-refractivity contribution is 5.88. The van der Waals surface area contributed by atoms with E-state index in [-0.39, 0.29) is 5.56 Å². The van der Waals surface area contributed by atoms with Crippen molar-refractivity contribution in [2.75, 3.05) is 18.4 Å². The van der Waals surface area contributed by atoms with Crippen molar-refractivity contribution < 1.29 is 14.0 Å². The van der Waals surface area contributed by atoms with Crippen LogP contribution in [0.25, 0.3) is 0 Å². The molecule has 22 heavy (non-hydrogen) atoms. The summed E-state index contributed by atoms with van der Waals surface area (Å²) in [6.45, 7) is 1.12. The van der Waals surface area contributed by atoms with Crippen molar-refractivity contribution in [3.8, 4) is 0 Å². The molecule has 122 valence electrons. The second kappa shape index (κ2) is 9.73. The van der Waals surface area contributed by atoms with Crippen LogP contribution >= 0.6 is 0 Å². The Morgan fingerprint density at radius 2 is 1.73 bits per heavy atom. The minimum absolute atomic E-state index is 0.232. The van der Waals surface area contributed by atoms with E-state index in [9.17, 15) is 14.0 Å². The van der Waals surface area contributed by atoms with Crippen molar-refractivity contribution in [2.24, 2.45) is 11.5 Å². The number of benzene rings is 1. The molecule has 0 aromatic heterocycles. The molecule has 0 aliphatic rings. The van der Waals surface area contributed by atoms with E-state index in [1.165, 1.54) is 24.3 Å². The number of anilines is 1. The van der Waals surface area contributed by atoms with Crippen LogP contribution in [0.5, 0.6) is 0 Å². The summed E-state index contributed by atoms with van der Waals surface area (Å²) in [6.07, 6.45) is 2.01. The van der Waals surface area contributed by atoms with Gasteiger partial charge in [0.25, 0.3) is 5.91 Å². The van der Waals surface area contributed by atoms with Crippen LogP contribution in [0.4, 0.5) is 14.9 Å². The van der Waals surface area contributed by atoms with E-state index in [1.807, 2.05) is 0 Å². The topological polar surface area (TPSA) is 110 Å². The molecule has 1 aromatic rings. The van der Waals surface area contributed by atoms with Gasteiger partial charge in [-0.15, -0.1) is 0 Å². The molecular formula is C15H23FN4O2. The molecular weight excluding hydrogens is 287 g/mol. The van der Waals surface area contributed by atoms with Crippen LogP contribution in [-0.4, -0.2) is 25.0 Å². The first-order chi connectivity index (χ1) is 10.5. The Hall–Kier alpha value is -2.15. The highest BCUT2D eigenvalue weighted by Gasteiger charge is 2.18. The molecule has 6 nitrogen and oxygen atoms in total. The predicted octanol–water partition coefficient (Wildman–Crippen LogP) is 1.82. The Bertz CT molecular complexity index is 479. The first kappa shape index (κ1) is 17.9. The van der Waals surface area contributed by atoms with Crippen LogP contribution in [0.2, 0.25) is 0 Å². The summed E-state index contributed by atoms with van der Waals surface area (Å²) >= 11 is 0. The van der Waals surface area contributed by atoms with E-state index in [1.54, 1.807) is 0 Å². The maximum Gasteiger partial charge on any atom is 0.316 e. The quantitative estimate of drug-likeness (QED) is 0.522. The number of nitrogens with two attached hydrogens (primary N) is 2. The van der Waals surface area contributed by atoms with E-state index in [0.29, 0.717) is 18.8 Å². The molecule has 3 amide bonds. The van der Waals surface area contributed by atoms with E-state index in [4.69, 9.17) is 11.5 Å². The van der Waals surface area contributed by atoms with Crippen LogP contribution in [-0.2, 0) is 4.79 Å². The number of halogens is 1. The largest absolute Gasteiger partial charge is 0.353 e. The van der Waals surface area contributed by atoms with Crippen molar-refractivity contribution >= 4 is 17.6 Å². The lowest BCUT2D eigenvalue weighted by Gasteiger charge is -2.10. The van der Waals surface area contributed by atoms with Gasteiger partial charge in [-0.05, 0) is 37.1 Å². The summed E-state index contributed by atoms with van der Waals surface area (Å²) in [5, 5.41) is 4.94. The molecule has 1 unspecified atom stereocenters. The molecule has 0 radical (unpaired) electrons. The fraction of sp³-hybridized carbons (Fsp3) is 0.467. The van der Waals surface area contributed by atoms with Crippen LogP contribution < -0.4 is 22.1 Å². The van der Waals surface area contributed by atoms with Gasteiger partial charge >= 0.3 is 6.03 Å². The average molecular weight is 310 g/mol. The predicted molar refractivity (Wildman–Crippen MR) is 84.0 cm³/mol. The summed E-state index contributed by atoms with van der Waals surface area (Å²) in [7, 11) is 0. The number of primary amides is 1. The second-order valence-electron chi connectivity index (χ2n) is 4.97. The number of urea groups is 1. The van der Waals surface area contributed by atoms with Gasteiger partial charge in [-0.3, -0.25) is 4.79 Å². The van der Waals surface area contributed by atoms with Crippen molar-refractivity contribution in [1.82, 2.24) is 5.32 Å². The summed E-state index contributed by atoms with van der Waals surface area (Å²) in [5.74, 6) is -0.658. The highest BCUT2D eigenvalue weighted by Crippen LogP contribution is 2.19. The summed E-state index contributed by atoms with van der Waals surface area (Å²) < 4.78 is 14.0. The summed E-state index contributed by atoms with van der Waals surface area (Å²) in [6, 6.07) is 5.17. The SMILES string of the molecule is NCCCCCCNC(=O)C(F)c1ccc(NC(N)=O)cc1. The monoisotopic (exact) mass is 310 g/mol. The zero-order valence-corrected chi connectivity index (χ0v) is 12.5. The number of unbranched alkanes of at least 4 members (excludes halogenated alkanes) is 3. The normalized spacial score (nSPS) is 11.7. The molecule has 7 heteroatoms. The Kier molecular flexibility index (Phi) is 7.91. The van der Waals surface area contributed by atoms with Gasteiger partial charge in [0.1, 0.15) is 0 Å². The van der Waals surface area contributed by atoms with Gasteiger partial charge in [-0.1, -0.05) is 25.0 Å². The maximum absolute atomic E-state index is 14.0. The second-order valence-corrected chi connectivity index (χ2v) is 4.97. The number of nitrogens with one attached hydrogen (secondary N) is 2. The van der Waals surface area contributed by atoms with Crippen LogP contribution in [0.1, 0.15) is 37.4 Å². The lowest BCUT2D eigenvalue weighted by Crippen LogP contribution is -2.28. The van der Waals surface area contributed by atoms with Gasteiger partial charge in [-0.2, -0.15) is 0 Å². The van der Waals surface area contributed by atoms with Gasteiger partial charge < -0.3 is 22.1 Å². The molecule has 0 bridgehead atoms. The fourth-order valence-corrected chi connectivity index (χ4v) is 1.95. The first-order valence-electron chi connectivity index (χ1n) is 7.33. The van der Waals surface area contributed by atoms with E-state index in [0.717, 1.165) is 25.7 Å². The van der Waals surface area contributed by atoms with Crippen LogP contribution in [0.3, 0.4) is 0 Å². The number of rotatable bonds is 9. The van der Waals surface area contributed by atoms with Crippen molar-refractivity contribution in [1.29, 1.82) is 0 Å². The first-order valence-corrected chi connectivity index (χ1v) is 7.33. The Balaban J connectivity index is 2.37. The molecule has 0 saturated carbocycles. The number of hydrogen-bond donors (Lipinski definition) is 4. The molecule has 0 heterocycles. The van der Waals surface area contributed by atoms with E-state index < -0.39 is 18.1 Å². The molecule has 0 aliphatic carbocycles. The maximum atomic E-state index is 14.0. The van der Waals surface area contributed by atoms with Gasteiger partial charge in [-0.25, -0.2) is 9.18 Å². The molecule has 1 aromatic carbocycles. The smallest absolute Gasteiger partial charge is 0.316 e. The molecule has 0 fully saturated rings. The van der Waals surface area contributed by atoms with Gasteiger partial charge in [0.05, 0.1) is 0 Å². The number of amides is 3. The lowest BCUT2D eigenvalue weighted by atomic mass is 10.1. The highest BCUT2D eigenvalue weighted by atomic mass is 19.1. The molecule has 6 N–H and O–H groups in total. The Labute approximate surface area is 129 Å². The number of alkyl halides is 1. The van der Waals surface area contributed by atoms with Crippen molar-refractivity contribution in [3.05, 3.63) is 29.8 Å². The van der Waals surface area contributed by atoms with Crippen molar-refractivity contribution in [2.45, 2.75) is 31.9 Å². The molecule has 1 atom stereocenters. The Morgan fingerprint density at radius 3 is 2.32 bits per heavy atom. The standard InChI is InChI=1S/C15H23FN4O2/c16-13(14(21)19-10-4-2-1-3-9-17)11-5-7-12(8-6-11)20-15(18)22/h5-8,13H,1-4,9-10,17H2,(H,19,21)(H3,18,20,22). The molecule has 0 saturated heterocycles. The third-order valence-electron chi connectivity index (χ3n) is 3.13. The molecule has 0 spiro atoms. The van der Waals surface area contributed by atoms with Crippen LogP contribution in [0.15, 0.2) is 24.3 Å². The third kappa shape index (κ3) is 6.53. The van der Waals surface area contributed by atoms with Gasteiger partial charge in [0.2, 0.25) is 6.17 Å². The minimum Gasteiger partial charge on any atom is -0.353 e. The molecule has 0 aliphatic heterocycles. The Morgan fingerprint density at radius 1 is 1.09 bits per heavy atom. The minimum atomic E-state index is -1.73. The van der Waals surface area contributed by atoms with Crippen molar-refractivity contribution in [3.63, 3.8) is 0 Å². The van der Waals surface area contributed by atoms with Crippen LogP contribution in [0, 0.1) is 0 Å². The van der Waals surface area contributed by atoms with Gasteiger partial charge in [0, 0.05) is 12.2 Å². The van der Waals surface area contributed by atoms with Gasteiger partial charge in [0.15, 0.2) is 0 Å². The third-order valence-corrected chi connectivity index (χ3v) is 3.13. The summed E-state index contributed by atoms with van der Waals surface area (Å²) in [4.78, 5) is 22.4. The molecule has 1 rings (SSSR count). The zero-order chi connectivity index (χ0) is 16.4. The zero-order valence-electron chi connectivity index (χ0n) is 12.5. The average Bonchev–Trinajstić information content (AvgIpc) is 2.50. The van der Waals surface area contributed by atoms with E-state index in [2.05, 4.69) is 10.6 Å². The number of carbonyl (C=O) groups is 2. The lowest BCUT2D eigenvalue weighted by molar-refractivity contribution is -0.126. The number of hydrogen-bond acceptors (Lipinski definition) is 3. The summed E-state index contributed by atoms with van der Waals surface area (Å²) in [5.41, 5.74) is 11.0. The fourth-order valence-electron chi connectivity index (χ4n) is 1.95. The number of carbonyl (C=O) groups excluding carboxylic acids is 2. The van der Waals surface area contributed by atoms with E-state index >= 15 is 0 Å².